The number of hydrazine groups is 1. The molecule has 0 bridgehead atoms. The Kier molecular flexibility index (Phi) is 7.35. The highest BCUT2D eigenvalue weighted by Gasteiger charge is 2.12. The van der Waals surface area contributed by atoms with Gasteiger partial charge < -0.3 is 20.4 Å². The van der Waals surface area contributed by atoms with Gasteiger partial charge in [0, 0.05) is 24.6 Å². The first kappa shape index (κ1) is 17.6. The second-order valence-corrected chi connectivity index (χ2v) is 5.55. The lowest BCUT2D eigenvalue weighted by Gasteiger charge is -2.15. The zero-order valence-corrected chi connectivity index (χ0v) is 13.7. The highest BCUT2D eigenvalue weighted by atomic mass is 16.5. The number of hydrogen-bond donors (Lipinski definition) is 3. The fourth-order valence-corrected chi connectivity index (χ4v) is 1.70. The average molecular weight is 296 g/mol. The number of nitrogen functional groups attached to an aromatic ring is 1. The Bertz CT molecular complexity index is 436. The van der Waals surface area contributed by atoms with Crippen molar-refractivity contribution in [3.8, 4) is 0 Å². The molecule has 1 aromatic heterocycles. The third-order valence-corrected chi connectivity index (χ3v) is 3.04. The maximum absolute atomic E-state index is 5.55. The third kappa shape index (κ3) is 5.82. The van der Waals surface area contributed by atoms with Gasteiger partial charge in [-0.05, 0) is 21.0 Å². The van der Waals surface area contributed by atoms with Crippen molar-refractivity contribution in [2.75, 3.05) is 51.1 Å². The second-order valence-electron chi connectivity index (χ2n) is 5.55. The quantitative estimate of drug-likeness (QED) is 0.358. The van der Waals surface area contributed by atoms with Crippen LogP contribution in [0.5, 0.6) is 0 Å². The van der Waals surface area contributed by atoms with Gasteiger partial charge in [0.15, 0.2) is 0 Å². The summed E-state index contributed by atoms with van der Waals surface area (Å²) in [6, 6.07) is 0. The Labute approximate surface area is 127 Å². The number of nitrogens with zero attached hydrogens (tertiary/aromatic N) is 3. The number of rotatable bonds is 9. The monoisotopic (exact) mass is 296 g/mol. The molecule has 0 aliphatic rings. The Morgan fingerprint density at radius 3 is 2.43 bits per heavy atom. The molecule has 0 atom stereocenters. The van der Waals surface area contributed by atoms with Crippen LogP contribution < -0.4 is 16.6 Å². The zero-order valence-electron chi connectivity index (χ0n) is 13.7. The normalized spacial score (nSPS) is 11.2. The van der Waals surface area contributed by atoms with Gasteiger partial charge in [-0.1, -0.05) is 13.8 Å². The number of ether oxygens (including phenoxy) is 1. The van der Waals surface area contributed by atoms with Gasteiger partial charge in [0.25, 0.3) is 0 Å². The maximum Gasteiger partial charge on any atom is 0.148 e. The van der Waals surface area contributed by atoms with Gasteiger partial charge in [-0.3, -0.25) is 0 Å². The van der Waals surface area contributed by atoms with Crippen LogP contribution in [0.15, 0.2) is 0 Å². The molecule has 0 fully saturated rings. The summed E-state index contributed by atoms with van der Waals surface area (Å²) in [5.41, 5.74) is 3.54. The lowest BCUT2D eigenvalue weighted by molar-refractivity contribution is 0.126. The van der Waals surface area contributed by atoms with E-state index >= 15 is 0 Å². The Hall–Kier alpha value is -1.44. The van der Waals surface area contributed by atoms with Crippen LogP contribution in [0.3, 0.4) is 0 Å². The predicted octanol–water partition coefficient (Wildman–Crippen LogP) is 1.18. The predicted molar refractivity (Wildman–Crippen MR) is 86.5 cm³/mol. The SMILES string of the molecule is Cc1c(NN)nc(C(C)C)nc1NCCOCCN(C)C. The van der Waals surface area contributed by atoms with Gasteiger partial charge in [0.1, 0.15) is 17.5 Å². The van der Waals surface area contributed by atoms with Crippen LogP contribution in [0, 0.1) is 6.92 Å². The second kappa shape index (κ2) is 8.76. The minimum absolute atomic E-state index is 0.245. The van der Waals surface area contributed by atoms with E-state index in [2.05, 4.69) is 39.5 Å². The zero-order chi connectivity index (χ0) is 15.8. The third-order valence-electron chi connectivity index (χ3n) is 3.04. The van der Waals surface area contributed by atoms with Crippen molar-refractivity contribution < 1.29 is 4.74 Å². The smallest absolute Gasteiger partial charge is 0.148 e. The van der Waals surface area contributed by atoms with Crippen LogP contribution in [0.2, 0.25) is 0 Å². The summed E-state index contributed by atoms with van der Waals surface area (Å²) < 4.78 is 5.55. The van der Waals surface area contributed by atoms with Crippen LogP contribution in [-0.2, 0) is 4.74 Å². The molecule has 0 saturated heterocycles. The van der Waals surface area contributed by atoms with E-state index in [9.17, 15) is 0 Å². The molecule has 0 aliphatic heterocycles. The summed E-state index contributed by atoms with van der Waals surface area (Å²) in [7, 11) is 4.06. The molecule has 0 aromatic carbocycles. The van der Waals surface area contributed by atoms with Crippen LogP contribution in [0.4, 0.5) is 11.6 Å². The lowest BCUT2D eigenvalue weighted by atomic mass is 10.2. The number of nitrogens with one attached hydrogen (secondary N) is 2. The summed E-state index contributed by atoms with van der Waals surface area (Å²) in [4.78, 5) is 11.0. The fraction of sp³-hybridized carbons (Fsp3) is 0.714. The van der Waals surface area contributed by atoms with Gasteiger partial charge in [0.05, 0.1) is 13.2 Å². The first-order valence-corrected chi connectivity index (χ1v) is 7.27. The first-order valence-electron chi connectivity index (χ1n) is 7.27. The molecular formula is C14H28N6O. The van der Waals surface area contributed by atoms with Gasteiger partial charge in [0.2, 0.25) is 0 Å². The highest BCUT2D eigenvalue weighted by Crippen LogP contribution is 2.22. The van der Waals surface area contributed by atoms with E-state index in [-0.39, 0.29) is 5.92 Å². The van der Waals surface area contributed by atoms with E-state index in [1.54, 1.807) is 0 Å². The van der Waals surface area contributed by atoms with Crippen molar-refractivity contribution in [1.29, 1.82) is 0 Å². The number of likely N-dealkylation sites (N-methyl/N-ethyl adjacent to an activating group) is 1. The van der Waals surface area contributed by atoms with Crippen molar-refractivity contribution in [2.24, 2.45) is 5.84 Å². The van der Waals surface area contributed by atoms with E-state index in [0.29, 0.717) is 19.0 Å². The highest BCUT2D eigenvalue weighted by molar-refractivity contribution is 5.56. The number of nitrogens with two attached hydrogens (primary N) is 1. The molecule has 21 heavy (non-hydrogen) atoms. The van der Waals surface area contributed by atoms with Gasteiger partial charge >= 0.3 is 0 Å². The summed E-state index contributed by atoms with van der Waals surface area (Å²) in [6.45, 7) is 9.04. The molecule has 1 heterocycles. The minimum atomic E-state index is 0.245. The summed E-state index contributed by atoms with van der Waals surface area (Å²) in [6.07, 6.45) is 0. The Morgan fingerprint density at radius 2 is 1.86 bits per heavy atom. The van der Waals surface area contributed by atoms with Gasteiger partial charge in [-0.2, -0.15) is 0 Å². The minimum Gasteiger partial charge on any atom is -0.378 e. The molecular weight excluding hydrogens is 268 g/mol. The molecule has 7 heteroatoms. The van der Waals surface area contributed by atoms with Crippen LogP contribution >= 0.6 is 0 Å². The largest absolute Gasteiger partial charge is 0.378 e. The molecule has 0 radical (unpaired) electrons. The van der Waals surface area contributed by atoms with E-state index in [1.807, 2.05) is 21.0 Å². The number of aromatic nitrogens is 2. The molecule has 1 aromatic rings. The molecule has 4 N–H and O–H groups in total. The van der Waals surface area contributed by atoms with Gasteiger partial charge in [-0.15, -0.1) is 0 Å². The van der Waals surface area contributed by atoms with Crippen molar-refractivity contribution in [3.63, 3.8) is 0 Å². The van der Waals surface area contributed by atoms with E-state index in [0.717, 1.165) is 30.4 Å². The van der Waals surface area contributed by atoms with Crippen molar-refractivity contribution in [3.05, 3.63) is 11.4 Å². The average Bonchev–Trinajstić information content (AvgIpc) is 2.43. The molecule has 0 saturated carbocycles. The molecule has 120 valence electrons. The molecule has 0 unspecified atom stereocenters. The van der Waals surface area contributed by atoms with Gasteiger partial charge in [-0.25, -0.2) is 15.8 Å². The van der Waals surface area contributed by atoms with Crippen LogP contribution in [0.1, 0.15) is 31.2 Å². The molecule has 7 nitrogen and oxygen atoms in total. The van der Waals surface area contributed by atoms with Crippen molar-refractivity contribution in [2.45, 2.75) is 26.7 Å². The van der Waals surface area contributed by atoms with Crippen molar-refractivity contribution in [1.82, 2.24) is 14.9 Å². The Morgan fingerprint density at radius 1 is 1.19 bits per heavy atom. The summed E-state index contributed by atoms with van der Waals surface area (Å²) >= 11 is 0. The molecule has 1 rings (SSSR count). The van der Waals surface area contributed by atoms with Crippen molar-refractivity contribution >= 4 is 11.6 Å². The maximum atomic E-state index is 5.55. The van der Waals surface area contributed by atoms with E-state index in [1.165, 1.54) is 0 Å². The lowest BCUT2D eigenvalue weighted by Crippen LogP contribution is -2.21. The Balaban J connectivity index is 2.55. The number of hydrogen-bond acceptors (Lipinski definition) is 7. The first-order chi connectivity index (χ1) is 9.95. The molecule has 0 spiro atoms. The standard InChI is InChI=1S/C14H28N6O/c1-10(2)12-17-13(11(3)14(18-12)19-15)16-6-8-21-9-7-20(4)5/h10H,6-9,15H2,1-5H3,(H2,16,17,18,19). The molecule has 0 amide bonds. The van der Waals surface area contributed by atoms with E-state index in [4.69, 9.17) is 10.6 Å². The fourth-order valence-electron chi connectivity index (χ4n) is 1.70. The summed E-state index contributed by atoms with van der Waals surface area (Å²) in [5, 5.41) is 3.29. The topological polar surface area (TPSA) is 88.3 Å². The number of anilines is 2. The van der Waals surface area contributed by atoms with Crippen LogP contribution in [0.25, 0.3) is 0 Å². The van der Waals surface area contributed by atoms with E-state index < -0.39 is 0 Å². The molecule has 0 aliphatic carbocycles. The summed E-state index contributed by atoms with van der Waals surface area (Å²) in [5.74, 6) is 7.99. The van der Waals surface area contributed by atoms with Crippen LogP contribution in [-0.4, -0.2) is 55.3 Å².